The lowest BCUT2D eigenvalue weighted by atomic mass is 9.75. The lowest BCUT2D eigenvalue weighted by Gasteiger charge is -2.51. The van der Waals surface area contributed by atoms with Gasteiger partial charge in [0.25, 0.3) is 0 Å². The van der Waals surface area contributed by atoms with Crippen LogP contribution in [0.5, 0.6) is 0 Å². The SMILES string of the molecule is CCn1cc(CN2C[C@@H](c3ccc(C)cc3)[C@@H]3[C@H]2C2CCN3CC2)cn1. The zero-order valence-electron chi connectivity index (χ0n) is 16.0. The van der Waals surface area contributed by atoms with Gasteiger partial charge in [-0.15, -0.1) is 0 Å². The van der Waals surface area contributed by atoms with Gasteiger partial charge in [-0.3, -0.25) is 14.5 Å². The van der Waals surface area contributed by atoms with E-state index in [0.29, 0.717) is 18.0 Å². The van der Waals surface area contributed by atoms with Gasteiger partial charge in [0, 0.05) is 49.4 Å². The lowest BCUT2D eigenvalue weighted by Crippen LogP contribution is -2.59. The molecule has 2 aromatic rings. The molecule has 0 amide bonds. The number of hydrogen-bond donors (Lipinski definition) is 0. The zero-order chi connectivity index (χ0) is 17.7. The van der Waals surface area contributed by atoms with Crippen LogP contribution in [-0.4, -0.2) is 51.3 Å². The number of nitrogens with zero attached hydrogens (tertiary/aromatic N) is 4. The molecule has 4 aliphatic heterocycles. The third-order valence-corrected chi connectivity index (χ3v) is 7.00. The standard InChI is InChI=1S/C22H30N4/c1-3-26-14-17(12-23-26)13-25-15-20(18-6-4-16(2)5-7-18)22-21(25)19-8-10-24(22)11-9-19/h4-7,12,14,19-22H,3,8-11,13,15H2,1-2H3/t20-,21+,22+/m0/s1. The minimum Gasteiger partial charge on any atom is -0.298 e. The van der Waals surface area contributed by atoms with E-state index in [9.17, 15) is 0 Å². The van der Waals surface area contributed by atoms with Crippen molar-refractivity contribution < 1.29 is 0 Å². The summed E-state index contributed by atoms with van der Waals surface area (Å²) in [4.78, 5) is 5.58. The average Bonchev–Trinajstić information content (AvgIpc) is 3.30. The third kappa shape index (κ3) is 2.71. The summed E-state index contributed by atoms with van der Waals surface area (Å²) in [6.45, 7) is 10.1. The topological polar surface area (TPSA) is 24.3 Å². The van der Waals surface area contributed by atoms with Crippen LogP contribution in [0.1, 0.15) is 42.4 Å². The fourth-order valence-corrected chi connectivity index (χ4v) is 5.72. The van der Waals surface area contributed by atoms with Crippen molar-refractivity contribution in [2.75, 3.05) is 19.6 Å². The number of benzene rings is 1. The van der Waals surface area contributed by atoms with Crippen LogP contribution in [0.3, 0.4) is 0 Å². The zero-order valence-corrected chi connectivity index (χ0v) is 16.0. The molecule has 26 heavy (non-hydrogen) atoms. The van der Waals surface area contributed by atoms with Gasteiger partial charge in [0.05, 0.1) is 6.20 Å². The van der Waals surface area contributed by atoms with Gasteiger partial charge in [0.15, 0.2) is 0 Å². The van der Waals surface area contributed by atoms with E-state index in [1.807, 2.05) is 0 Å². The highest BCUT2D eigenvalue weighted by Gasteiger charge is 2.53. The van der Waals surface area contributed by atoms with Gasteiger partial charge in [-0.05, 0) is 51.3 Å². The largest absolute Gasteiger partial charge is 0.298 e. The first-order chi connectivity index (χ1) is 12.7. The highest BCUT2D eigenvalue weighted by atomic mass is 15.3. The van der Waals surface area contributed by atoms with Crippen LogP contribution < -0.4 is 0 Å². The summed E-state index contributed by atoms with van der Waals surface area (Å²) in [5, 5.41) is 4.50. The van der Waals surface area contributed by atoms with Gasteiger partial charge < -0.3 is 0 Å². The Morgan fingerprint density at radius 3 is 2.54 bits per heavy atom. The van der Waals surface area contributed by atoms with Gasteiger partial charge >= 0.3 is 0 Å². The van der Waals surface area contributed by atoms with Gasteiger partial charge in [0.1, 0.15) is 0 Å². The van der Waals surface area contributed by atoms with E-state index >= 15 is 0 Å². The van der Waals surface area contributed by atoms with Gasteiger partial charge in [0.2, 0.25) is 0 Å². The maximum Gasteiger partial charge on any atom is 0.0534 e. The number of aromatic nitrogens is 2. The highest BCUT2D eigenvalue weighted by molar-refractivity contribution is 5.30. The van der Waals surface area contributed by atoms with Crippen LogP contribution in [0, 0.1) is 12.8 Å². The fraction of sp³-hybridized carbons (Fsp3) is 0.591. The second-order valence-corrected chi connectivity index (χ2v) is 8.51. The van der Waals surface area contributed by atoms with Crippen LogP contribution in [0.4, 0.5) is 0 Å². The second-order valence-electron chi connectivity index (χ2n) is 8.51. The van der Waals surface area contributed by atoms with Crippen molar-refractivity contribution in [3.8, 4) is 0 Å². The summed E-state index contributed by atoms with van der Waals surface area (Å²) in [5.41, 5.74) is 4.26. The molecule has 1 aromatic heterocycles. The summed E-state index contributed by atoms with van der Waals surface area (Å²) in [7, 11) is 0. The predicted octanol–water partition coefficient (Wildman–Crippen LogP) is 3.27. The van der Waals surface area contributed by atoms with E-state index in [-0.39, 0.29) is 0 Å². The minimum atomic E-state index is 0.643. The van der Waals surface area contributed by atoms with E-state index in [1.165, 1.54) is 49.2 Å². The van der Waals surface area contributed by atoms with Crippen molar-refractivity contribution in [3.63, 3.8) is 0 Å². The average molecular weight is 351 g/mol. The molecule has 4 aliphatic rings. The lowest BCUT2D eigenvalue weighted by molar-refractivity contribution is -0.00869. The molecule has 0 unspecified atom stereocenters. The van der Waals surface area contributed by atoms with Gasteiger partial charge in [-0.25, -0.2) is 0 Å². The molecule has 4 fully saturated rings. The third-order valence-electron chi connectivity index (χ3n) is 7.00. The molecule has 4 saturated heterocycles. The van der Waals surface area contributed by atoms with Crippen molar-refractivity contribution in [1.29, 1.82) is 0 Å². The molecule has 4 nitrogen and oxygen atoms in total. The molecule has 5 heterocycles. The van der Waals surface area contributed by atoms with Crippen molar-refractivity contribution in [2.24, 2.45) is 5.92 Å². The Bertz CT molecular complexity index is 757. The molecular formula is C22H30N4. The van der Waals surface area contributed by atoms with Crippen molar-refractivity contribution in [2.45, 2.75) is 57.8 Å². The van der Waals surface area contributed by atoms with Crippen LogP contribution in [0.15, 0.2) is 36.7 Å². The molecule has 4 heteroatoms. The fourth-order valence-electron chi connectivity index (χ4n) is 5.72. The highest BCUT2D eigenvalue weighted by Crippen LogP contribution is 2.46. The molecule has 3 atom stereocenters. The van der Waals surface area contributed by atoms with E-state index in [4.69, 9.17) is 0 Å². The normalized spacial score (nSPS) is 33.5. The number of piperidine rings is 3. The predicted molar refractivity (Wildman–Crippen MR) is 104 cm³/mol. The van der Waals surface area contributed by atoms with Crippen molar-refractivity contribution in [3.05, 3.63) is 53.3 Å². The van der Waals surface area contributed by atoms with Crippen molar-refractivity contribution in [1.82, 2.24) is 19.6 Å². The number of rotatable bonds is 4. The molecule has 138 valence electrons. The van der Waals surface area contributed by atoms with E-state index in [0.717, 1.165) is 19.0 Å². The molecule has 0 aliphatic carbocycles. The first-order valence-electron chi connectivity index (χ1n) is 10.3. The number of fused-ring (bicyclic) bond motifs is 2. The molecule has 0 radical (unpaired) electrons. The minimum absolute atomic E-state index is 0.643. The van der Waals surface area contributed by atoms with Gasteiger partial charge in [-0.1, -0.05) is 29.8 Å². The Kier molecular flexibility index (Phi) is 4.13. The molecule has 1 aromatic carbocycles. The summed E-state index contributed by atoms with van der Waals surface area (Å²) in [6.07, 6.45) is 7.06. The van der Waals surface area contributed by atoms with Crippen LogP contribution in [0.2, 0.25) is 0 Å². The van der Waals surface area contributed by atoms with E-state index < -0.39 is 0 Å². The molecule has 0 spiro atoms. The van der Waals surface area contributed by atoms with Crippen LogP contribution in [0.25, 0.3) is 0 Å². The first kappa shape index (κ1) is 16.5. The smallest absolute Gasteiger partial charge is 0.0534 e. The van der Waals surface area contributed by atoms with E-state index in [2.05, 4.69) is 70.1 Å². The monoisotopic (exact) mass is 350 g/mol. The molecule has 0 saturated carbocycles. The summed E-state index contributed by atoms with van der Waals surface area (Å²) in [6, 6.07) is 10.7. The summed E-state index contributed by atoms with van der Waals surface area (Å²) < 4.78 is 2.05. The second kappa shape index (κ2) is 6.50. The Labute approximate surface area is 156 Å². The number of likely N-dealkylation sites (tertiary alicyclic amines) is 1. The maximum absolute atomic E-state index is 4.50. The maximum atomic E-state index is 4.50. The van der Waals surface area contributed by atoms with Crippen LogP contribution in [-0.2, 0) is 13.1 Å². The molecule has 6 rings (SSSR count). The Balaban J connectivity index is 1.45. The Morgan fingerprint density at radius 2 is 1.85 bits per heavy atom. The Morgan fingerprint density at radius 1 is 1.08 bits per heavy atom. The Hall–Kier alpha value is -1.65. The first-order valence-corrected chi connectivity index (χ1v) is 10.3. The van der Waals surface area contributed by atoms with Gasteiger partial charge in [-0.2, -0.15) is 5.10 Å². The number of aryl methyl sites for hydroxylation is 2. The number of hydrogen-bond acceptors (Lipinski definition) is 3. The molecule has 0 N–H and O–H groups in total. The van der Waals surface area contributed by atoms with Crippen molar-refractivity contribution >= 4 is 0 Å². The summed E-state index contributed by atoms with van der Waals surface area (Å²) >= 11 is 0. The molecular weight excluding hydrogens is 320 g/mol. The summed E-state index contributed by atoms with van der Waals surface area (Å²) in [5.74, 6) is 1.52. The molecule has 2 bridgehead atoms. The quantitative estimate of drug-likeness (QED) is 0.846. The van der Waals surface area contributed by atoms with Crippen LogP contribution >= 0.6 is 0 Å². The van der Waals surface area contributed by atoms with E-state index in [1.54, 1.807) is 0 Å².